The number of fused-ring (bicyclic) bond motifs is 2. The lowest BCUT2D eigenvalue weighted by Gasteiger charge is -2.48. The second-order valence-electron chi connectivity index (χ2n) is 8.63. The lowest BCUT2D eigenvalue weighted by molar-refractivity contribution is -0.138. The third kappa shape index (κ3) is 2.86. The quantitative estimate of drug-likeness (QED) is 0.772. The summed E-state index contributed by atoms with van der Waals surface area (Å²) in [5, 5.41) is 13.0. The number of halogens is 3. The molecule has 1 unspecified atom stereocenters. The Balaban J connectivity index is 1.40. The Morgan fingerprint density at radius 1 is 1.29 bits per heavy atom. The van der Waals surface area contributed by atoms with E-state index in [1.807, 2.05) is 4.90 Å². The Morgan fingerprint density at radius 2 is 2.00 bits per heavy atom. The van der Waals surface area contributed by atoms with Crippen LogP contribution in [0.15, 0.2) is 47.5 Å². The van der Waals surface area contributed by atoms with Crippen molar-refractivity contribution in [3.63, 3.8) is 0 Å². The van der Waals surface area contributed by atoms with E-state index in [1.54, 1.807) is 4.90 Å². The molecule has 9 heteroatoms. The van der Waals surface area contributed by atoms with Crippen LogP contribution < -0.4 is 5.32 Å². The summed E-state index contributed by atoms with van der Waals surface area (Å²) in [6, 6.07) is 1.07. The van der Waals surface area contributed by atoms with E-state index in [0.717, 1.165) is 19.3 Å². The molecule has 4 aliphatic rings. The molecule has 31 heavy (non-hydrogen) atoms. The number of carbonyl (C=O) groups excluding carboxylic acids is 2. The standard InChI is InChI=1S/C22H20F3N3O3/c1-11-15(20(30)26-7-14-16(24)4-13(23)5-17(14)25)9-27-10-22-3-2-12(6-22)8-28(22)21(31)18(27)19(11)29/h4-5,9,12,29H,1-3,6-8,10H2,(H,26,30)/t12-,22?/m1/s1. The molecule has 2 bridgehead atoms. The lowest BCUT2D eigenvalue weighted by atomic mass is 9.89. The van der Waals surface area contributed by atoms with Crippen molar-refractivity contribution in [1.82, 2.24) is 15.1 Å². The molecule has 1 aromatic rings. The van der Waals surface area contributed by atoms with E-state index in [0.29, 0.717) is 31.1 Å². The summed E-state index contributed by atoms with van der Waals surface area (Å²) in [6.07, 6.45) is 4.26. The molecule has 3 aliphatic heterocycles. The highest BCUT2D eigenvalue weighted by molar-refractivity contribution is 6.03. The van der Waals surface area contributed by atoms with Gasteiger partial charge in [-0.05, 0) is 25.2 Å². The van der Waals surface area contributed by atoms with Gasteiger partial charge in [-0.25, -0.2) is 13.2 Å². The molecule has 2 N–H and O–H groups in total. The van der Waals surface area contributed by atoms with Crippen LogP contribution in [0.5, 0.6) is 0 Å². The van der Waals surface area contributed by atoms with Crippen molar-refractivity contribution in [3.8, 4) is 0 Å². The Kier molecular flexibility index (Phi) is 4.22. The van der Waals surface area contributed by atoms with E-state index < -0.39 is 35.5 Å². The van der Waals surface area contributed by atoms with E-state index in [2.05, 4.69) is 11.9 Å². The van der Waals surface area contributed by atoms with Crippen LogP contribution >= 0.6 is 0 Å². The van der Waals surface area contributed by atoms with Crippen LogP contribution in [0.3, 0.4) is 0 Å². The molecule has 1 spiro atoms. The van der Waals surface area contributed by atoms with Crippen LogP contribution in [0.2, 0.25) is 0 Å². The maximum atomic E-state index is 13.9. The largest absolute Gasteiger partial charge is 0.505 e. The summed E-state index contributed by atoms with van der Waals surface area (Å²) < 4.78 is 40.8. The van der Waals surface area contributed by atoms with Gasteiger partial charge >= 0.3 is 0 Å². The number of hydrogen-bond donors (Lipinski definition) is 2. The molecule has 5 rings (SSSR count). The average Bonchev–Trinajstić information content (AvgIpc) is 3.27. The van der Waals surface area contributed by atoms with Crippen LogP contribution in [-0.4, -0.2) is 45.3 Å². The number of aliphatic hydroxyl groups excluding tert-OH is 1. The number of rotatable bonds is 3. The van der Waals surface area contributed by atoms with Gasteiger partial charge in [0, 0.05) is 49.1 Å². The number of benzene rings is 1. The molecule has 0 aromatic heterocycles. The summed E-state index contributed by atoms with van der Waals surface area (Å²) in [7, 11) is 0. The van der Waals surface area contributed by atoms with Gasteiger partial charge in [0.1, 0.15) is 23.1 Å². The fourth-order valence-corrected chi connectivity index (χ4v) is 5.29. The molecule has 1 saturated carbocycles. The Morgan fingerprint density at radius 3 is 2.68 bits per heavy atom. The first-order valence-electron chi connectivity index (χ1n) is 10.0. The number of nitrogens with zero attached hydrogens (tertiary/aromatic N) is 2. The minimum absolute atomic E-state index is 0.00521. The van der Waals surface area contributed by atoms with Gasteiger partial charge in [0.2, 0.25) is 0 Å². The molecule has 6 nitrogen and oxygen atoms in total. The molecule has 0 radical (unpaired) electrons. The van der Waals surface area contributed by atoms with Crippen LogP contribution in [-0.2, 0) is 16.1 Å². The van der Waals surface area contributed by atoms with Crippen LogP contribution in [0, 0.1) is 23.4 Å². The van der Waals surface area contributed by atoms with Crippen LogP contribution in [0.1, 0.15) is 24.8 Å². The van der Waals surface area contributed by atoms with Crippen LogP contribution in [0.25, 0.3) is 0 Å². The van der Waals surface area contributed by atoms with E-state index in [1.165, 1.54) is 6.20 Å². The number of aliphatic hydroxyl groups is 1. The van der Waals surface area contributed by atoms with Crippen molar-refractivity contribution in [1.29, 1.82) is 0 Å². The maximum absolute atomic E-state index is 13.9. The predicted octanol–water partition coefficient (Wildman–Crippen LogP) is 2.64. The van der Waals surface area contributed by atoms with Crippen molar-refractivity contribution in [2.45, 2.75) is 31.3 Å². The van der Waals surface area contributed by atoms with Crippen molar-refractivity contribution >= 4 is 11.8 Å². The molecule has 2 saturated heterocycles. The average molecular weight is 431 g/mol. The van der Waals surface area contributed by atoms with Gasteiger partial charge in [-0.2, -0.15) is 0 Å². The normalized spacial score (nSPS) is 26.8. The fourth-order valence-electron chi connectivity index (χ4n) is 5.29. The summed E-state index contributed by atoms with van der Waals surface area (Å²) >= 11 is 0. The summed E-state index contributed by atoms with van der Waals surface area (Å²) in [4.78, 5) is 29.2. The number of allylic oxidation sites excluding steroid dienone is 1. The second-order valence-corrected chi connectivity index (χ2v) is 8.63. The Bertz CT molecular complexity index is 1090. The highest BCUT2D eigenvalue weighted by Crippen LogP contribution is 2.51. The van der Waals surface area contributed by atoms with Gasteiger partial charge in [-0.15, -0.1) is 0 Å². The highest BCUT2D eigenvalue weighted by atomic mass is 19.1. The Labute approximate surface area is 176 Å². The van der Waals surface area contributed by atoms with E-state index >= 15 is 0 Å². The SMILES string of the molecule is C=C1C(C(=O)NCc2c(F)cc(F)cc2F)=CN2CC34CC[C@@H](CN3C(=O)C2=C1O)C4. The Hall–Kier alpha value is -3.23. The summed E-state index contributed by atoms with van der Waals surface area (Å²) in [6.45, 7) is 4.33. The van der Waals surface area contributed by atoms with E-state index in [4.69, 9.17) is 0 Å². The van der Waals surface area contributed by atoms with Gasteiger partial charge in [-0.3, -0.25) is 9.59 Å². The lowest BCUT2D eigenvalue weighted by Crippen LogP contribution is -2.60. The van der Waals surface area contributed by atoms with Gasteiger partial charge in [0.05, 0.1) is 11.1 Å². The molecule has 3 fully saturated rings. The van der Waals surface area contributed by atoms with Crippen molar-refractivity contribution in [3.05, 3.63) is 70.5 Å². The molecule has 2 amide bonds. The van der Waals surface area contributed by atoms with Gasteiger partial charge in [0.25, 0.3) is 11.8 Å². The van der Waals surface area contributed by atoms with Crippen molar-refractivity contribution in [2.24, 2.45) is 5.92 Å². The topological polar surface area (TPSA) is 72.9 Å². The third-order valence-electron chi connectivity index (χ3n) is 6.80. The molecular formula is C22H20F3N3O3. The van der Waals surface area contributed by atoms with Crippen molar-refractivity contribution in [2.75, 3.05) is 13.1 Å². The molecule has 1 aliphatic carbocycles. The fraction of sp³-hybridized carbons (Fsp3) is 0.364. The first-order chi connectivity index (χ1) is 14.7. The molecule has 2 atom stereocenters. The first-order valence-corrected chi connectivity index (χ1v) is 10.0. The number of piperidine rings is 1. The van der Waals surface area contributed by atoms with Crippen LogP contribution in [0.4, 0.5) is 13.2 Å². The zero-order valence-electron chi connectivity index (χ0n) is 16.6. The monoisotopic (exact) mass is 431 g/mol. The second kappa shape index (κ2) is 6.63. The highest BCUT2D eigenvalue weighted by Gasteiger charge is 2.57. The molecule has 3 heterocycles. The molecule has 162 valence electrons. The maximum Gasteiger partial charge on any atom is 0.274 e. The molecular weight excluding hydrogens is 411 g/mol. The zero-order chi connectivity index (χ0) is 22.1. The summed E-state index contributed by atoms with van der Waals surface area (Å²) in [5.41, 5.74) is -0.743. The zero-order valence-corrected chi connectivity index (χ0v) is 16.6. The minimum atomic E-state index is -1.11. The number of piperazine rings is 1. The van der Waals surface area contributed by atoms with Crippen molar-refractivity contribution < 1.29 is 27.9 Å². The van der Waals surface area contributed by atoms with E-state index in [9.17, 15) is 27.9 Å². The van der Waals surface area contributed by atoms with Gasteiger partial charge < -0.3 is 20.2 Å². The smallest absolute Gasteiger partial charge is 0.274 e. The minimum Gasteiger partial charge on any atom is -0.505 e. The number of hydrogen-bond acceptors (Lipinski definition) is 4. The number of amides is 2. The van der Waals surface area contributed by atoms with Gasteiger partial charge in [0.15, 0.2) is 5.76 Å². The van der Waals surface area contributed by atoms with E-state index in [-0.39, 0.29) is 34.0 Å². The number of nitrogens with one attached hydrogen (secondary N) is 1. The number of carbonyl (C=O) groups is 2. The third-order valence-corrected chi connectivity index (χ3v) is 6.80. The first kappa shape index (κ1) is 19.7. The van der Waals surface area contributed by atoms with Gasteiger partial charge in [-0.1, -0.05) is 6.58 Å². The molecule has 1 aromatic carbocycles. The predicted molar refractivity (Wildman–Crippen MR) is 104 cm³/mol. The summed E-state index contributed by atoms with van der Waals surface area (Å²) in [5.74, 6) is -4.22.